The van der Waals surface area contributed by atoms with E-state index in [-0.39, 0.29) is 0 Å². The monoisotopic (exact) mass is 318 g/mol. The molecule has 2 rings (SSSR count). The molecule has 1 N–H and O–H groups in total. The largest absolute Gasteiger partial charge is 0.366 e. The molecule has 5 heteroatoms. The van der Waals surface area contributed by atoms with Crippen molar-refractivity contribution in [3.63, 3.8) is 0 Å². The molecule has 2 aromatic rings. The molecule has 1 aromatic carbocycles. The molecule has 0 saturated carbocycles. The molecule has 0 amide bonds. The molecule has 1 aromatic heterocycles. The van der Waals surface area contributed by atoms with Gasteiger partial charge in [-0.15, -0.1) is 0 Å². The third kappa shape index (κ3) is 4.88. The maximum Gasteiger partial charge on any atom is 0.134 e. The lowest BCUT2D eigenvalue weighted by Crippen LogP contribution is -2.20. The predicted octanol–water partition coefficient (Wildman–Crippen LogP) is 4.29. The first-order valence-corrected chi connectivity index (χ1v) is 8.01. The summed E-state index contributed by atoms with van der Waals surface area (Å²) in [7, 11) is 2.07. The van der Waals surface area contributed by atoms with Crippen molar-refractivity contribution >= 4 is 23.2 Å². The smallest absolute Gasteiger partial charge is 0.134 e. The Hall–Kier alpha value is -1.81. The number of aryl methyl sites for hydroxylation is 1. The van der Waals surface area contributed by atoms with Crippen LogP contribution in [0.5, 0.6) is 0 Å². The molecule has 0 aliphatic carbocycles. The molecular formula is C17H23ClN4. The second kappa shape index (κ2) is 7.99. The van der Waals surface area contributed by atoms with Crippen LogP contribution in [-0.4, -0.2) is 23.6 Å². The van der Waals surface area contributed by atoms with Crippen molar-refractivity contribution in [3.05, 3.63) is 46.7 Å². The van der Waals surface area contributed by atoms with Gasteiger partial charge in [-0.05, 0) is 31.0 Å². The van der Waals surface area contributed by atoms with Crippen LogP contribution in [0.15, 0.2) is 30.3 Å². The molecule has 0 radical (unpaired) electrons. The molecule has 0 spiro atoms. The Balaban J connectivity index is 2.04. The first-order valence-electron chi connectivity index (χ1n) is 7.63. The van der Waals surface area contributed by atoms with E-state index < -0.39 is 0 Å². The number of nitrogens with one attached hydrogen (secondary N) is 1. The lowest BCUT2D eigenvalue weighted by Gasteiger charge is -2.19. The summed E-state index contributed by atoms with van der Waals surface area (Å²) in [5.41, 5.74) is 1.17. The summed E-state index contributed by atoms with van der Waals surface area (Å²) in [6.07, 6.45) is 2.34. The van der Waals surface area contributed by atoms with Gasteiger partial charge >= 0.3 is 0 Å². The summed E-state index contributed by atoms with van der Waals surface area (Å²) in [5.74, 6) is 2.58. The van der Waals surface area contributed by atoms with E-state index in [1.54, 1.807) is 0 Å². The van der Waals surface area contributed by atoms with Crippen molar-refractivity contribution in [2.75, 3.05) is 23.8 Å². The summed E-state index contributed by atoms with van der Waals surface area (Å²) >= 11 is 5.90. The topological polar surface area (TPSA) is 41.0 Å². The third-order valence-corrected chi connectivity index (χ3v) is 3.70. The minimum Gasteiger partial charge on any atom is -0.366 e. The van der Waals surface area contributed by atoms with Crippen molar-refractivity contribution in [1.29, 1.82) is 0 Å². The Morgan fingerprint density at radius 1 is 1.18 bits per heavy atom. The van der Waals surface area contributed by atoms with E-state index in [2.05, 4.69) is 34.2 Å². The molecule has 118 valence electrons. The minimum absolute atomic E-state index is 0.714. The van der Waals surface area contributed by atoms with E-state index in [4.69, 9.17) is 11.6 Å². The van der Waals surface area contributed by atoms with Crippen LogP contribution in [0.2, 0.25) is 5.02 Å². The zero-order valence-corrected chi connectivity index (χ0v) is 14.2. The lowest BCUT2D eigenvalue weighted by atomic mass is 10.2. The molecule has 4 nitrogen and oxygen atoms in total. The molecule has 22 heavy (non-hydrogen) atoms. The van der Waals surface area contributed by atoms with E-state index in [9.17, 15) is 0 Å². The molecular weight excluding hydrogens is 296 g/mol. The Labute approximate surface area is 137 Å². The van der Waals surface area contributed by atoms with Crippen LogP contribution >= 0.6 is 11.6 Å². The summed E-state index contributed by atoms with van der Waals surface area (Å²) in [5, 5.41) is 4.10. The molecule has 0 saturated heterocycles. The molecule has 0 atom stereocenters. The second-order valence-corrected chi connectivity index (χ2v) is 5.85. The lowest BCUT2D eigenvalue weighted by molar-refractivity contribution is 0.756. The average molecular weight is 319 g/mol. The molecule has 0 unspecified atom stereocenters. The van der Waals surface area contributed by atoms with Crippen molar-refractivity contribution in [1.82, 2.24) is 9.97 Å². The van der Waals surface area contributed by atoms with Gasteiger partial charge in [-0.1, -0.05) is 37.1 Å². The van der Waals surface area contributed by atoms with Crippen LogP contribution < -0.4 is 10.2 Å². The van der Waals surface area contributed by atoms with E-state index >= 15 is 0 Å². The molecule has 1 heterocycles. The number of halogens is 1. The number of nitrogens with zero attached hydrogens (tertiary/aromatic N) is 3. The van der Waals surface area contributed by atoms with Crippen LogP contribution in [0.25, 0.3) is 0 Å². The number of anilines is 2. The van der Waals surface area contributed by atoms with Gasteiger partial charge in [0.2, 0.25) is 0 Å². The highest BCUT2D eigenvalue weighted by Gasteiger charge is 2.06. The number of rotatable bonds is 7. The Kier molecular flexibility index (Phi) is 6.01. The maximum atomic E-state index is 5.90. The van der Waals surface area contributed by atoms with E-state index in [1.807, 2.05) is 37.3 Å². The fourth-order valence-electron chi connectivity index (χ4n) is 2.14. The first kappa shape index (κ1) is 16.6. The summed E-state index contributed by atoms with van der Waals surface area (Å²) in [6, 6.07) is 9.81. The van der Waals surface area contributed by atoms with Gasteiger partial charge in [-0.2, -0.15) is 0 Å². The molecule has 0 bridgehead atoms. The third-order valence-electron chi connectivity index (χ3n) is 3.45. The van der Waals surface area contributed by atoms with Crippen LogP contribution in [0.3, 0.4) is 0 Å². The normalized spacial score (nSPS) is 10.5. The molecule has 0 fully saturated rings. The second-order valence-electron chi connectivity index (χ2n) is 5.41. The van der Waals surface area contributed by atoms with Gasteiger partial charge in [0.25, 0.3) is 0 Å². The van der Waals surface area contributed by atoms with Gasteiger partial charge in [-0.25, -0.2) is 9.97 Å². The zero-order valence-electron chi connectivity index (χ0n) is 13.4. The van der Waals surface area contributed by atoms with Crippen molar-refractivity contribution in [2.45, 2.75) is 33.2 Å². The highest BCUT2D eigenvalue weighted by Crippen LogP contribution is 2.16. The van der Waals surface area contributed by atoms with Gasteiger partial charge in [0, 0.05) is 31.2 Å². The van der Waals surface area contributed by atoms with Crippen molar-refractivity contribution in [2.24, 2.45) is 0 Å². The summed E-state index contributed by atoms with van der Waals surface area (Å²) in [6.45, 7) is 5.83. The van der Waals surface area contributed by atoms with E-state index in [0.29, 0.717) is 6.54 Å². The van der Waals surface area contributed by atoms with Crippen LogP contribution in [-0.2, 0) is 6.54 Å². The predicted molar refractivity (Wildman–Crippen MR) is 93.7 cm³/mol. The number of aromatic nitrogens is 2. The Bertz CT molecular complexity index is 598. The SMILES string of the molecule is CCCCN(C)c1cc(NCc2ccc(Cl)cc2)nc(C)n1. The molecule has 0 aliphatic heterocycles. The number of hydrogen-bond donors (Lipinski definition) is 1. The Morgan fingerprint density at radius 2 is 1.91 bits per heavy atom. The highest BCUT2D eigenvalue weighted by atomic mass is 35.5. The standard InChI is InChI=1S/C17H23ClN4/c1-4-5-10-22(3)17-11-16(20-13(2)21-17)19-12-14-6-8-15(18)9-7-14/h6-9,11H,4-5,10,12H2,1-3H3,(H,19,20,21). The van der Waals surface area contributed by atoms with Crippen LogP contribution in [0.4, 0.5) is 11.6 Å². The van der Waals surface area contributed by atoms with Gasteiger partial charge in [0.1, 0.15) is 17.5 Å². The fourth-order valence-corrected chi connectivity index (χ4v) is 2.27. The van der Waals surface area contributed by atoms with Crippen LogP contribution in [0, 0.1) is 6.92 Å². The van der Waals surface area contributed by atoms with Gasteiger partial charge in [-0.3, -0.25) is 0 Å². The summed E-state index contributed by atoms with van der Waals surface area (Å²) in [4.78, 5) is 11.1. The Morgan fingerprint density at radius 3 is 2.59 bits per heavy atom. The summed E-state index contributed by atoms with van der Waals surface area (Å²) < 4.78 is 0. The maximum absolute atomic E-state index is 5.90. The number of hydrogen-bond acceptors (Lipinski definition) is 4. The first-order chi connectivity index (χ1) is 10.6. The number of benzene rings is 1. The minimum atomic E-state index is 0.714. The zero-order chi connectivity index (χ0) is 15.9. The van der Waals surface area contributed by atoms with Crippen molar-refractivity contribution < 1.29 is 0 Å². The molecule has 0 aliphatic rings. The van der Waals surface area contributed by atoms with Crippen molar-refractivity contribution in [3.8, 4) is 0 Å². The van der Waals surface area contributed by atoms with Crippen LogP contribution in [0.1, 0.15) is 31.2 Å². The van der Waals surface area contributed by atoms with Gasteiger partial charge in [0.05, 0.1) is 0 Å². The average Bonchev–Trinajstić information content (AvgIpc) is 2.51. The quantitative estimate of drug-likeness (QED) is 0.827. The van der Waals surface area contributed by atoms with E-state index in [0.717, 1.165) is 35.4 Å². The van der Waals surface area contributed by atoms with Gasteiger partial charge < -0.3 is 10.2 Å². The highest BCUT2D eigenvalue weighted by molar-refractivity contribution is 6.30. The van der Waals surface area contributed by atoms with E-state index in [1.165, 1.54) is 12.0 Å². The van der Waals surface area contributed by atoms with Gasteiger partial charge in [0.15, 0.2) is 0 Å². The number of unbranched alkanes of at least 4 members (excludes halogenated alkanes) is 1. The fraction of sp³-hybridized carbons (Fsp3) is 0.412.